The number of hydrogen-bond donors (Lipinski definition) is 4. The number of fused-ring (bicyclic) bond motifs is 1. The lowest BCUT2D eigenvalue weighted by atomic mass is 9.92. The quantitative estimate of drug-likeness (QED) is 0.130. The Kier molecular flexibility index (Phi) is 7.74. The van der Waals surface area contributed by atoms with Crippen molar-refractivity contribution in [1.82, 2.24) is 25.9 Å². The molecule has 1 aliphatic carbocycles. The van der Waals surface area contributed by atoms with Crippen LogP contribution in [0.25, 0.3) is 10.9 Å². The minimum absolute atomic E-state index is 0.0477. The molecule has 3 aromatic rings. The molecule has 236 valence electrons. The molecule has 8 nitrogen and oxygen atoms in total. The lowest BCUT2D eigenvalue weighted by molar-refractivity contribution is -0.206. The number of rotatable bonds is 8. The molecule has 0 radical (unpaired) electrons. The zero-order valence-electron chi connectivity index (χ0n) is 24.2. The SMILES string of the molecule is C#Cc1cnc2c(C#N)cc(N[C@H](C3=CN(C4(C(F)(F)F)CC4)NN3)c3ccc(F)nc3C)cc2c1NCC(C)(C)C(F)(F)F. The Morgan fingerprint density at radius 1 is 1.13 bits per heavy atom. The molecule has 1 aromatic carbocycles. The molecule has 0 unspecified atom stereocenters. The van der Waals surface area contributed by atoms with Crippen LogP contribution in [0.2, 0.25) is 0 Å². The Hall–Kier alpha value is -4.76. The van der Waals surface area contributed by atoms with Gasteiger partial charge in [-0.25, -0.2) is 4.98 Å². The largest absolute Gasteiger partial charge is 0.413 e. The van der Waals surface area contributed by atoms with Crippen molar-refractivity contribution in [3.05, 3.63) is 70.7 Å². The molecule has 1 fully saturated rings. The van der Waals surface area contributed by atoms with Gasteiger partial charge in [-0.2, -0.15) is 36.0 Å². The molecule has 0 spiro atoms. The van der Waals surface area contributed by atoms with Crippen LogP contribution in [0.5, 0.6) is 0 Å². The summed E-state index contributed by atoms with van der Waals surface area (Å²) in [6.07, 6.45) is -1.11. The highest BCUT2D eigenvalue weighted by molar-refractivity contribution is 5.99. The third-order valence-corrected chi connectivity index (χ3v) is 8.05. The van der Waals surface area contributed by atoms with Gasteiger partial charge in [-0.3, -0.25) is 9.99 Å². The van der Waals surface area contributed by atoms with Crippen molar-refractivity contribution in [2.24, 2.45) is 5.41 Å². The van der Waals surface area contributed by atoms with Crippen LogP contribution in [0.15, 0.2) is 42.4 Å². The van der Waals surface area contributed by atoms with Gasteiger partial charge in [0.2, 0.25) is 5.95 Å². The highest BCUT2D eigenvalue weighted by Crippen LogP contribution is 2.54. The number of nitriles is 1. The van der Waals surface area contributed by atoms with Crippen LogP contribution in [-0.2, 0) is 0 Å². The first-order valence-electron chi connectivity index (χ1n) is 13.6. The van der Waals surface area contributed by atoms with Gasteiger partial charge in [-0.1, -0.05) is 12.0 Å². The first-order chi connectivity index (χ1) is 21.0. The molecule has 1 saturated carbocycles. The number of nitrogens with zero attached hydrogens (tertiary/aromatic N) is 4. The van der Waals surface area contributed by atoms with Gasteiger partial charge in [0.25, 0.3) is 0 Å². The second-order valence-corrected chi connectivity index (χ2v) is 11.6. The van der Waals surface area contributed by atoms with E-state index in [2.05, 4.69) is 37.5 Å². The summed E-state index contributed by atoms with van der Waals surface area (Å²) in [4.78, 5) is 8.12. The number of pyridine rings is 2. The van der Waals surface area contributed by atoms with E-state index < -0.39 is 41.8 Å². The standard InChI is InChI=1S/C30H27F7N8/c1-5-17-13-39-25-18(12-38)10-19(11-21(25)24(17)40-15-27(3,4)29(32,33)34)42-26(20-6-7-23(31)41-16(20)2)22-14-45(44-43-22)28(8-9-28)30(35,36)37/h1,6-7,10-11,13-14,26,42-44H,8-9,15H2,2-4H3,(H,39,40)/t26-/m0/s1. The predicted octanol–water partition coefficient (Wildman–Crippen LogP) is 6.35. The number of terminal acetylenes is 1. The molecule has 2 aliphatic rings. The Labute approximate surface area is 253 Å². The number of nitrogens with one attached hydrogen (secondary N) is 4. The molecule has 15 heteroatoms. The van der Waals surface area contributed by atoms with E-state index in [0.717, 1.165) is 24.9 Å². The summed E-state index contributed by atoms with van der Waals surface area (Å²) in [6, 6.07) is 6.56. The molecule has 1 atom stereocenters. The van der Waals surface area contributed by atoms with E-state index in [0.29, 0.717) is 5.56 Å². The summed E-state index contributed by atoms with van der Waals surface area (Å²) in [5.41, 5.74) is 2.69. The Bertz CT molecular complexity index is 1760. The lowest BCUT2D eigenvalue weighted by Gasteiger charge is -2.29. The molecule has 0 amide bonds. The molecule has 2 aromatic heterocycles. The fraction of sp³-hybridized carbons (Fsp3) is 0.367. The normalized spacial score (nSPS) is 16.8. The lowest BCUT2D eigenvalue weighted by Crippen LogP contribution is -2.52. The van der Waals surface area contributed by atoms with E-state index in [4.69, 9.17) is 6.42 Å². The number of hydrazine groups is 2. The minimum Gasteiger partial charge on any atom is -0.383 e. The fourth-order valence-electron chi connectivity index (χ4n) is 5.00. The molecular weight excluding hydrogens is 605 g/mol. The number of anilines is 2. The third-order valence-electron chi connectivity index (χ3n) is 8.05. The number of halogens is 7. The Morgan fingerprint density at radius 3 is 2.42 bits per heavy atom. The van der Waals surface area contributed by atoms with E-state index >= 15 is 0 Å². The maximum absolute atomic E-state index is 13.9. The van der Waals surface area contributed by atoms with Crippen LogP contribution in [0.3, 0.4) is 0 Å². The van der Waals surface area contributed by atoms with Crippen molar-refractivity contribution in [2.45, 2.75) is 57.5 Å². The van der Waals surface area contributed by atoms with Gasteiger partial charge in [0.15, 0.2) is 5.54 Å². The van der Waals surface area contributed by atoms with Crippen molar-refractivity contribution in [1.29, 1.82) is 5.26 Å². The molecule has 5 rings (SSSR count). The summed E-state index contributed by atoms with van der Waals surface area (Å²) in [7, 11) is 0. The van der Waals surface area contributed by atoms with E-state index in [-0.39, 0.29) is 57.6 Å². The molecule has 4 N–H and O–H groups in total. The first kappa shape index (κ1) is 31.7. The summed E-state index contributed by atoms with van der Waals surface area (Å²) in [5.74, 6) is 1.64. The van der Waals surface area contributed by atoms with Crippen LogP contribution in [-0.4, -0.2) is 39.4 Å². The zero-order chi connectivity index (χ0) is 32.9. The average Bonchev–Trinajstić information content (AvgIpc) is 3.65. The Balaban J connectivity index is 1.60. The van der Waals surface area contributed by atoms with Crippen molar-refractivity contribution in [3.8, 4) is 18.4 Å². The van der Waals surface area contributed by atoms with Crippen LogP contribution in [0.4, 0.5) is 42.1 Å². The number of aryl methyl sites for hydroxylation is 1. The van der Waals surface area contributed by atoms with Gasteiger partial charge in [-0.15, -0.1) is 12.0 Å². The minimum atomic E-state index is -4.53. The molecule has 3 heterocycles. The monoisotopic (exact) mass is 632 g/mol. The van der Waals surface area contributed by atoms with Gasteiger partial charge in [0.05, 0.1) is 39.5 Å². The summed E-state index contributed by atoms with van der Waals surface area (Å²) in [5, 5.41) is 17.1. The smallest absolute Gasteiger partial charge is 0.383 e. The first-order valence-corrected chi connectivity index (χ1v) is 13.6. The molecule has 45 heavy (non-hydrogen) atoms. The number of alkyl halides is 6. The van der Waals surface area contributed by atoms with Crippen molar-refractivity contribution >= 4 is 22.3 Å². The van der Waals surface area contributed by atoms with Crippen molar-refractivity contribution in [3.63, 3.8) is 0 Å². The maximum Gasteiger partial charge on any atom is 0.413 e. The summed E-state index contributed by atoms with van der Waals surface area (Å²) >= 11 is 0. The highest BCUT2D eigenvalue weighted by atomic mass is 19.4. The molecule has 0 bridgehead atoms. The second-order valence-electron chi connectivity index (χ2n) is 11.6. The van der Waals surface area contributed by atoms with Gasteiger partial charge >= 0.3 is 12.4 Å². The highest BCUT2D eigenvalue weighted by Gasteiger charge is 2.67. The topological polar surface area (TPSA) is 101 Å². The second kappa shape index (κ2) is 11.0. The number of aromatic nitrogens is 2. The van der Waals surface area contributed by atoms with Crippen LogP contribution in [0, 0.1) is 42.0 Å². The maximum atomic E-state index is 13.9. The van der Waals surface area contributed by atoms with Gasteiger partial charge in [0, 0.05) is 41.3 Å². The van der Waals surface area contributed by atoms with Crippen molar-refractivity contribution < 1.29 is 30.7 Å². The predicted molar refractivity (Wildman–Crippen MR) is 152 cm³/mol. The van der Waals surface area contributed by atoms with E-state index in [1.165, 1.54) is 37.5 Å². The zero-order valence-corrected chi connectivity index (χ0v) is 24.2. The fourth-order valence-corrected chi connectivity index (χ4v) is 5.00. The molecule has 1 aliphatic heterocycles. The Morgan fingerprint density at radius 2 is 1.84 bits per heavy atom. The van der Waals surface area contributed by atoms with Crippen LogP contribution in [0.1, 0.15) is 55.1 Å². The van der Waals surface area contributed by atoms with Crippen LogP contribution >= 0.6 is 0 Å². The summed E-state index contributed by atoms with van der Waals surface area (Å²) in [6.45, 7) is 3.04. The van der Waals surface area contributed by atoms with E-state index in [1.54, 1.807) is 0 Å². The molecule has 0 saturated heterocycles. The summed E-state index contributed by atoms with van der Waals surface area (Å²) < 4.78 is 96.5. The van der Waals surface area contributed by atoms with E-state index in [1.807, 2.05) is 6.07 Å². The van der Waals surface area contributed by atoms with Crippen molar-refractivity contribution in [2.75, 3.05) is 17.2 Å². The van der Waals surface area contributed by atoms with Crippen LogP contribution < -0.4 is 21.6 Å². The number of hydrogen-bond acceptors (Lipinski definition) is 8. The van der Waals surface area contributed by atoms with E-state index in [9.17, 15) is 36.0 Å². The van der Waals surface area contributed by atoms with Gasteiger partial charge in [-0.05, 0) is 51.8 Å². The average molecular weight is 633 g/mol. The van der Waals surface area contributed by atoms with Gasteiger partial charge in [0.1, 0.15) is 6.07 Å². The number of benzene rings is 1. The van der Waals surface area contributed by atoms with Gasteiger partial charge < -0.3 is 16.1 Å². The molecular formula is C30H27F7N8. The third kappa shape index (κ3) is 5.76.